The third-order valence-corrected chi connectivity index (χ3v) is 4.24. The second kappa shape index (κ2) is 6.37. The van der Waals surface area contributed by atoms with E-state index in [1.54, 1.807) is 0 Å². The standard InChI is InChI=1S/C16H22N4O/c1-20-9-4-5-12(8-10-20)13-6-2-3-7-14(13)16-18-15(11-17)21-19-16/h2-3,6-7,12H,4-5,8-11,17H2,1H3. The van der Waals surface area contributed by atoms with Crippen LogP contribution in [0.25, 0.3) is 11.4 Å². The summed E-state index contributed by atoms with van der Waals surface area (Å²) in [6, 6.07) is 8.40. The Morgan fingerprint density at radius 1 is 1.29 bits per heavy atom. The maximum Gasteiger partial charge on any atom is 0.240 e. The van der Waals surface area contributed by atoms with E-state index in [2.05, 4.69) is 40.3 Å². The Morgan fingerprint density at radius 2 is 2.14 bits per heavy atom. The average Bonchev–Trinajstić information content (AvgIpc) is 2.89. The molecule has 1 aliphatic heterocycles. The molecule has 1 aromatic heterocycles. The summed E-state index contributed by atoms with van der Waals surface area (Å²) in [5, 5.41) is 4.07. The molecule has 0 spiro atoms. The number of aromatic nitrogens is 2. The van der Waals surface area contributed by atoms with Crippen molar-refractivity contribution < 1.29 is 4.52 Å². The van der Waals surface area contributed by atoms with E-state index in [0.29, 0.717) is 17.6 Å². The fourth-order valence-electron chi connectivity index (χ4n) is 3.05. The summed E-state index contributed by atoms with van der Waals surface area (Å²) in [4.78, 5) is 6.79. The van der Waals surface area contributed by atoms with Crippen molar-refractivity contribution in [3.63, 3.8) is 0 Å². The van der Waals surface area contributed by atoms with E-state index in [9.17, 15) is 0 Å². The molecule has 0 bridgehead atoms. The number of benzene rings is 1. The minimum Gasteiger partial charge on any atom is -0.338 e. The Balaban J connectivity index is 1.91. The zero-order valence-electron chi connectivity index (χ0n) is 12.5. The fourth-order valence-corrected chi connectivity index (χ4v) is 3.05. The van der Waals surface area contributed by atoms with Crippen molar-refractivity contribution in [3.05, 3.63) is 35.7 Å². The lowest BCUT2D eigenvalue weighted by Gasteiger charge is -2.17. The van der Waals surface area contributed by atoms with Crippen LogP contribution in [0.15, 0.2) is 28.8 Å². The molecule has 21 heavy (non-hydrogen) atoms. The first kappa shape index (κ1) is 14.2. The third-order valence-electron chi connectivity index (χ3n) is 4.24. The monoisotopic (exact) mass is 286 g/mol. The van der Waals surface area contributed by atoms with Gasteiger partial charge in [0.2, 0.25) is 11.7 Å². The molecule has 0 saturated carbocycles. The highest BCUT2D eigenvalue weighted by Gasteiger charge is 2.21. The van der Waals surface area contributed by atoms with Crippen LogP contribution in [-0.4, -0.2) is 35.2 Å². The largest absolute Gasteiger partial charge is 0.338 e. The van der Waals surface area contributed by atoms with Crippen LogP contribution < -0.4 is 5.73 Å². The highest BCUT2D eigenvalue weighted by atomic mass is 16.5. The third kappa shape index (κ3) is 3.14. The van der Waals surface area contributed by atoms with Gasteiger partial charge >= 0.3 is 0 Å². The highest BCUT2D eigenvalue weighted by Crippen LogP contribution is 2.34. The number of nitrogens with two attached hydrogens (primary N) is 1. The smallest absolute Gasteiger partial charge is 0.240 e. The summed E-state index contributed by atoms with van der Waals surface area (Å²) in [7, 11) is 2.20. The van der Waals surface area contributed by atoms with E-state index < -0.39 is 0 Å². The lowest BCUT2D eigenvalue weighted by Crippen LogP contribution is -2.18. The molecule has 0 amide bonds. The van der Waals surface area contributed by atoms with Gasteiger partial charge in [-0.05, 0) is 50.9 Å². The molecule has 1 aromatic carbocycles. The van der Waals surface area contributed by atoms with Gasteiger partial charge in [-0.1, -0.05) is 29.4 Å². The normalized spacial score (nSPS) is 20.4. The number of likely N-dealkylation sites (tertiary alicyclic amines) is 1. The van der Waals surface area contributed by atoms with Gasteiger partial charge < -0.3 is 15.2 Å². The lowest BCUT2D eigenvalue weighted by molar-refractivity contribution is 0.347. The van der Waals surface area contributed by atoms with Gasteiger partial charge in [0.25, 0.3) is 0 Å². The summed E-state index contributed by atoms with van der Waals surface area (Å²) in [6.45, 7) is 2.60. The Hall–Kier alpha value is -1.72. The summed E-state index contributed by atoms with van der Waals surface area (Å²) < 4.78 is 5.16. The molecule has 112 valence electrons. The summed E-state index contributed by atoms with van der Waals surface area (Å²) >= 11 is 0. The Kier molecular flexibility index (Phi) is 4.31. The number of nitrogens with zero attached hydrogens (tertiary/aromatic N) is 3. The van der Waals surface area contributed by atoms with Gasteiger partial charge in [0.05, 0.1) is 6.54 Å². The van der Waals surface area contributed by atoms with Crippen molar-refractivity contribution >= 4 is 0 Å². The zero-order chi connectivity index (χ0) is 14.7. The first-order chi connectivity index (χ1) is 10.3. The van der Waals surface area contributed by atoms with Gasteiger partial charge in [-0.3, -0.25) is 0 Å². The van der Waals surface area contributed by atoms with Crippen LogP contribution in [-0.2, 0) is 6.54 Å². The molecule has 2 N–H and O–H groups in total. The van der Waals surface area contributed by atoms with Gasteiger partial charge in [0.1, 0.15) is 0 Å². The quantitative estimate of drug-likeness (QED) is 0.938. The molecule has 2 aromatic rings. The molecule has 3 rings (SSSR count). The van der Waals surface area contributed by atoms with Crippen LogP contribution >= 0.6 is 0 Å². The van der Waals surface area contributed by atoms with Crippen LogP contribution in [0.4, 0.5) is 0 Å². The molecular formula is C16H22N4O. The van der Waals surface area contributed by atoms with E-state index in [4.69, 9.17) is 10.3 Å². The van der Waals surface area contributed by atoms with E-state index in [0.717, 1.165) is 12.1 Å². The van der Waals surface area contributed by atoms with Gasteiger partial charge in [0, 0.05) is 5.56 Å². The Bertz CT molecular complexity index is 595. The first-order valence-corrected chi connectivity index (χ1v) is 7.58. The van der Waals surface area contributed by atoms with Crippen molar-refractivity contribution in [2.24, 2.45) is 5.73 Å². The second-order valence-corrected chi connectivity index (χ2v) is 5.73. The Morgan fingerprint density at radius 3 is 2.95 bits per heavy atom. The molecule has 2 heterocycles. The minimum atomic E-state index is 0.281. The van der Waals surface area contributed by atoms with Crippen LogP contribution in [0.2, 0.25) is 0 Å². The predicted molar refractivity (Wildman–Crippen MR) is 81.7 cm³/mol. The van der Waals surface area contributed by atoms with Gasteiger partial charge in [-0.2, -0.15) is 4.98 Å². The van der Waals surface area contributed by atoms with Crippen molar-refractivity contribution in [2.45, 2.75) is 31.7 Å². The second-order valence-electron chi connectivity index (χ2n) is 5.73. The van der Waals surface area contributed by atoms with Gasteiger partial charge in [0.15, 0.2) is 0 Å². The van der Waals surface area contributed by atoms with Crippen LogP contribution in [0.5, 0.6) is 0 Å². The molecule has 1 aliphatic rings. The van der Waals surface area contributed by atoms with Gasteiger partial charge in [-0.25, -0.2) is 0 Å². The van der Waals surface area contributed by atoms with Crippen LogP contribution in [0.1, 0.15) is 36.6 Å². The molecule has 1 atom stereocenters. The predicted octanol–water partition coefficient (Wildman–Crippen LogP) is 2.39. The fraction of sp³-hybridized carbons (Fsp3) is 0.500. The number of hydrogen-bond donors (Lipinski definition) is 1. The number of hydrogen-bond acceptors (Lipinski definition) is 5. The first-order valence-electron chi connectivity index (χ1n) is 7.58. The van der Waals surface area contributed by atoms with Gasteiger partial charge in [-0.15, -0.1) is 0 Å². The molecule has 5 nitrogen and oxygen atoms in total. The topological polar surface area (TPSA) is 68.2 Å². The van der Waals surface area contributed by atoms with Crippen molar-refractivity contribution in [1.82, 2.24) is 15.0 Å². The van der Waals surface area contributed by atoms with Crippen molar-refractivity contribution in [2.75, 3.05) is 20.1 Å². The van der Waals surface area contributed by atoms with E-state index >= 15 is 0 Å². The molecule has 5 heteroatoms. The summed E-state index contributed by atoms with van der Waals surface area (Å²) in [5.41, 5.74) is 7.97. The SMILES string of the molecule is CN1CCCC(c2ccccc2-c2noc(CN)n2)CC1. The van der Waals surface area contributed by atoms with Crippen LogP contribution in [0.3, 0.4) is 0 Å². The average molecular weight is 286 g/mol. The van der Waals surface area contributed by atoms with E-state index in [1.807, 2.05) is 6.07 Å². The maximum atomic E-state index is 5.56. The molecule has 1 fully saturated rings. The summed E-state index contributed by atoms with van der Waals surface area (Å²) in [5.74, 6) is 1.70. The summed E-state index contributed by atoms with van der Waals surface area (Å²) in [6.07, 6.45) is 3.62. The molecular weight excluding hydrogens is 264 g/mol. The molecule has 0 radical (unpaired) electrons. The maximum absolute atomic E-state index is 5.56. The highest BCUT2D eigenvalue weighted by molar-refractivity contribution is 5.60. The van der Waals surface area contributed by atoms with Crippen molar-refractivity contribution in [3.8, 4) is 11.4 Å². The van der Waals surface area contributed by atoms with E-state index in [-0.39, 0.29) is 6.54 Å². The van der Waals surface area contributed by atoms with Crippen LogP contribution in [0, 0.1) is 0 Å². The van der Waals surface area contributed by atoms with Crippen molar-refractivity contribution in [1.29, 1.82) is 0 Å². The molecule has 0 aliphatic carbocycles. The van der Waals surface area contributed by atoms with E-state index in [1.165, 1.54) is 31.4 Å². The zero-order valence-corrected chi connectivity index (χ0v) is 12.5. The molecule has 1 unspecified atom stereocenters. The lowest BCUT2D eigenvalue weighted by atomic mass is 9.88. The molecule has 1 saturated heterocycles. The minimum absolute atomic E-state index is 0.281. The Labute approximate surface area is 125 Å². The number of rotatable bonds is 3.